The first-order valence-electron chi connectivity index (χ1n) is 12.5. The summed E-state index contributed by atoms with van der Waals surface area (Å²) < 4.78 is 44.7. The number of Topliss-reactive ketones (excluding diaryl/α,β-unsaturated/α-hetero) is 1. The Kier molecular flexibility index (Phi) is 4.64. The van der Waals surface area contributed by atoms with E-state index in [0.717, 1.165) is 38.5 Å². The third-order valence-electron chi connectivity index (χ3n) is 9.39. The van der Waals surface area contributed by atoms with Crippen molar-refractivity contribution in [2.45, 2.75) is 100 Å². The van der Waals surface area contributed by atoms with E-state index in [4.69, 9.17) is 14.2 Å². The first-order valence-corrected chi connectivity index (χ1v) is 12.5. The summed E-state index contributed by atoms with van der Waals surface area (Å²) in [4.78, 5) is 37.3. The fourth-order valence-corrected chi connectivity index (χ4v) is 8.95. The van der Waals surface area contributed by atoms with Gasteiger partial charge in [0, 0.05) is 25.2 Å². The maximum atomic E-state index is 13.5. The molecule has 0 heterocycles. The summed E-state index contributed by atoms with van der Waals surface area (Å²) in [6.07, 6.45) is 7.96. The number of hydrogen-bond acceptors (Lipinski definition) is 6. The smallest absolute Gasteiger partial charge is 0.377 e. The molecule has 33 heavy (non-hydrogen) atoms. The Balaban J connectivity index is 1.12. The van der Waals surface area contributed by atoms with Gasteiger partial charge in [0.1, 0.15) is 23.6 Å². The van der Waals surface area contributed by atoms with Crippen molar-refractivity contribution in [2.24, 2.45) is 29.6 Å². The number of carbonyl (C=O) groups is 3. The minimum atomic E-state index is -3.53. The van der Waals surface area contributed by atoms with Crippen molar-refractivity contribution in [3.05, 3.63) is 0 Å². The lowest BCUT2D eigenvalue weighted by Crippen LogP contribution is -2.62. The maximum absolute atomic E-state index is 13.5. The molecule has 8 aliphatic rings. The van der Waals surface area contributed by atoms with Crippen LogP contribution in [0, 0.1) is 29.6 Å². The van der Waals surface area contributed by atoms with Crippen LogP contribution in [0.15, 0.2) is 0 Å². The molecule has 6 nitrogen and oxygen atoms in total. The normalized spacial score (nSPS) is 47.1. The second-order valence-electron chi connectivity index (χ2n) is 12.3. The molecule has 182 valence electrons. The summed E-state index contributed by atoms with van der Waals surface area (Å²) in [5, 5.41) is 0. The molecular weight excluding hydrogens is 434 g/mol. The molecule has 0 aliphatic heterocycles. The lowest BCUT2D eigenvalue weighted by molar-refractivity contribution is -0.247. The zero-order valence-corrected chi connectivity index (χ0v) is 19.1. The molecule has 0 aromatic heterocycles. The zero-order chi connectivity index (χ0) is 23.2. The highest BCUT2D eigenvalue weighted by atomic mass is 19.3. The molecular formula is C25H32F2O6. The number of ketones is 1. The molecule has 4 atom stereocenters. The average molecular weight is 467 g/mol. The van der Waals surface area contributed by atoms with E-state index >= 15 is 0 Å². The Morgan fingerprint density at radius 3 is 2.03 bits per heavy atom. The number of alkyl halides is 2. The van der Waals surface area contributed by atoms with Gasteiger partial charge in [0.2, 0.25) is 0 Å². The zero-order valence-electron chi connectivity index (χ0n) is 19.1. The third-order valence-corrected chi connectivity index (χ3v) is 9.39. The van der Waals surface area contributed by atoms with E-state index in [1.54, 1.807) is 0 Å². The second-order valence-corrected chi connectivity index (χ2v) is 12.3. The summed E-state index contributed by atoms with van der Waals surface area (Å²) in [6, 6.07) is 0. The standard InChI is InChI=1S/C25H32F2O6/c1-22(26,27)21(30)33-25-8-15-2-16(9-25)7-24(6-15,13-25)31-12-19(28)32-23-5-14-3-17(10-23)20(29)18(4-14)11-23/h14-18H,2-13H2,1H3. The highest BCUT2D eigenvalue weighted by Crippen LogP contribution is 2.60. The molecule has 0 N–H and O–H groups in total. The second kappa shape index (κ2) is 6.98. The van der Waals surface area contributed by atoms with Gasteiger partial charge in [0.05, 0.1) is 5.60 Å². The molecule has 0 amide bonds. The minimum Gasteiger partial charge on any atom is -0.457 e. The molecule has 8 fully saturated rings. The summed E-state index contributed by atoms with van der Waals surface area (Å²) in [5.41, 5.74) is -2.09. The van der Waals surface area contributed by atoms with Crippen LogP contribution in [0.4, 0.5) is 8.78 Å². The summed E-state index contributed by atoms with van der Waals surface area (Å²) in [7, 11) is 0. The van der Waals surface area contributed by atoms with Crippen LogP contribution in [0.2, 0.25) is 0 Å². The maximum Gasteiger partial charge on any atom is 0.377 e. The molecule has 0 aromatic rings. The van der Waals surface area contributed by atoms with Crippen molar-refractivity contribution >= 4 is 17.7 Å². The molecule has 8 bridgehead atoms. The van der Waals surface area contributed by atoms with Gasteiger partial charge in [-0.05, 0) is 82.0 Å². The van der Waals surface area contributed by atoms with E-state index in [1.807, 2.05) is 0 Å². The Hall–Kier alpha value is -1.57. The SMILES string of the molecule is CC(F)(F)C(=O)OC12CC3CC(CC(OCC(=O)OC45CC6CC(C4)C(=O)C(C6)C5)(C3)C1)C2. The topological polar surface area (TPSA) is 78.9 Å². The third kappa shape index (κ3) is 3.71. The summed E-state index contributed by atoms with van der Waals surface area (Å²) >= 11 is 0. The van der Waals surface area contributed by atoms with Gasteiger partial charge in [-0.1, -0.05) is 0 Å². The van der Waals surface area contributed by atoms with Crippen molar-refractivity contribution < 1.29 is 37.4 Å². The van der Waals surface area contributed by atoms with Crippen LogP contribution in [0.1, 0.15) is 77.6 Å². The summed E-state index contributed by atoms with van der Waals surface area (Å²) in [5.74, 6) is -4.06. The van der Waals surface area contributed by atoms with Gasteiger partial charge >= 0.3 is 17.9 Å². The van der Waals surface area contributed by atoms with E-state index < -0.39 is 34.7 Å². The summed E-state index contributed by atoms with van der Waals surface area (Å²) in [6.45, 7) is 0.374. The van der Waals surface area contributed by atoms with Gasteiger partial charge in [0.15, 0.2) is 0 Å². The van der Waals surface area contributed by atoms with Crippen molar-refractivity contribution in [3.8, 4) is 0 Å². The predicted molar refractivity (Wildman–Crippen MR) is 110 cm³/mol. The van der Waals surface area contributed by atoms with E-state index in [-0.39, 0.29) is 30.3 Å². The molecule has 8 rings (SSSR count). The lowest BCUT2D eigenvalue weighted by Gasteiger charge is -2.60. The highest BCUT2D eigenvalue weighted by Gasteiger charge is 2.62. The first kappa shape index (κ1) is 21.9. The van der Waals surface area contributed by atoms with E-state index in [2.05, 4.69) is 0 Å². The van der Waals surface area contributed by atoms with Crippen LogP contribution in [0.25, 0.3) is 0 Å². The first-order chi connectivity index (χ1) is 15.5. The molecule has 8 heteroatoms. The van der Waals surface area contributed by atoms with E-state index in [0.29, 0.717) is 50.7 Å². The molecule has 0 saturated heterocycles. The number of halogens is 2. The Morgan fingerprint density at radius 2 is 1.42 bits per heavy atom. The number of hydrogen-bond donors (Lipinski definition) is 0. The molecule has 0 aromatic carbocycles. The highest BCUT2D eigenvalue weighted by molar-refractivity contribution is 5.86. The van der Waals surface area contributed by atoms with Gasteiger partial charge in [-0.25, -0.2) is 9.59 Å². The van der Waals surface area contributed by atoms with Crippen LogP contribution in [-0.4, -0.2) is 47.1 Å². The van der Waals surface area contributed by atoms with Crippen LogP contribution in [0.5, 0.6) is 0 Å². The van der Waals surface area contributed by atoms with Crippen molar-refractivity contribution in [3.63, 3.8) is 0 Å². The fraction of sp³-hybridized carbons (Fsp3) is 0.880. The van der Waals surface area contributed by atoms with Crippen molar-refractivity contribution in [1.29, 1.82) is 0 Å². The van der Waals surface area contributed by atoms with Gasteiger partial charge in [0.25, 0.3) is 0 Å². The average Bonchev–Trinajstić information content (AvgIpc) is 2.67. The number of ether oxygens (including phenoxy) is 3. The molecule has 8 saturated carbocycles. The van der Waals surface area contributed by atoms with Crippen molar-refractivity contribution in [2.75, 3.05) is 6.61 Å². The van der Waals surface area contributed by atoms with E-state index in [1.165, 1.54) is 0 Å². The van der Waals surface area contributed by atoms with Crippen LogP contribution in [-0.2, 0) is 28.6 Å². The molecule has 0 radical (unpaired) electrons. The largest absolute Gasteiger partial charge is 0.457 e. The van der Waals surface area contributed by atoms with E-state index in [9.17, 15) is 23.2 Å². The van der Waals surface area contributed by atoms with Crippen molar-refractivity contribution in [1.82, 2.24) is 0 Å². The Bertz CT molecular complexity index is 862. The molecule has 0 spiro atoms. The number of esters is 2. The minimum absolute atomic E-state index is 0.0272. The van der Waals surface area contributed by atoms with Gasteiger partial charge in [-0.2, -0.15) is 8.78 Å². The fourth-order valence-electron chi connectivity index (χ4n) is 8.95. The lowest BCUT2D eigenvalue weighted by atomic mass is 9.52. The Morgan fingerprint density at radius 1 is 0.848 bits per heavy atom. The van der Waals surface area contributed by atoms with Gasteiger partial charge < -0.3 is 14.2 Å². The quantitative estimate of drug-likeness (QED) is 0.551. The number of carbonyl (C=O) groups excluding carboxylic acids is 3. The molecule has 4 unspecified atom stereocenters. The van der Waals surface area contributed by atoms with Gasteiger partial charge in [-0.15, -0.1) is 0 Å². The number of rotatable bonds is 6. The molecule has 8 aliphatic carbocycles. The van der Waals surface area contributed by atoms with Crippen LogP contribution >= 0.6 is 0 Å². The van der Waals surface area contributed by atoms with Crippen LogP contribution < -0.4 is 0 Å². The Labute approximate surface area is 192 Å². The van der Waals surface area contributed by atoms with Crippen LogP contribution in [0.3, 0.4) is 0 Å². The predicted octanol–water partition coefficient (Wildman–Crippen LogP) is 3.98. The monoisotopic (exact) mass is 466 g/mol. The van der Waals surface area contributed by atoms with Gasteiger partial charge in [-0.3, -0.25) is 4.79 Å².